The van der Waals surface area contributed by atoms with Crippen LogP contribution in [0.15, 0.2) is 18.2 Å². The standard InChI is InChI=1S/C14H21N3O2/c1-12-5-6-13(17(18)19)11-14(12)15-7-10-16-8-3-2-4-9-16/h5-6,11,15H,2-4,7-10H2,1H3. The molecule has 0 radical (unpaired) electrons. The molecule has 2 rings (SSSR count). The van der Waals surface area contributed by atoms with Crippen LogP contribution in [-0.2, 0) is 0 Å². The zero-order valence-electron chi connectivity index (χ0n) is 11.4. The first-order valence-corrected chi connectivity index (χ1v) is 6.88. The highest BCUT2D eigenvalue weighted by Gasteiger charge is 2.11. The molecule has 1 saturated heterocycles. The summed E-state index contributed by atoms with van der Waals surface area (Å²) in [6.45, 7) is 6.16. The minimum absolute atomic E-state index is 0.145. The van der Waals surface area contributed by atoms with E-state index in [1.165, 1.54) is 32.4 Å². The van der Waals surface area contributed by atoms with Gasteiger partial charge in [-0.1, -0.05) is 12.5 Å². The van der Waals surface area contributed by atoms with Gasteiger partial charge < -0.3 is 10.2 Å². The Kier molecular flexibility index (Phi) is 4.74. The largest absolute Gasteiger partial charge is 0.383 e. The van der Waals surface area contributed by atoms with Gasteiger partial charge >= 0.3 is 0 Å². The summed E-state index contributed by atoms with van der Waals surface area (Å²) in [7, 11) is 0. The van der Waals surface area contributed by atoms with Crippen molar-refractivity contribution in [2.75, 3.05) is 31.5 Å². The quantitative estimate of drug-likeness (QED) is 0.655. The Balaban J connectivity index is 1.87. The Hall–Kier alpha value is -1.62. The molecule has 0 atom stereocenters. The van der Waals surface area contributed by atoms with Gasteiger partial charge in [-0.2, -0.15) is 0 Å². The maximum absolute atomic E-state index is 10.8. The zero-order valence-corrected chi connectivity index (χ0v) is 11.4. The van der Waals surface area contributed by atoms with Crippen LogP contribution in [0, 0.1) is 17.0 Å². The molecule has 19 heavy (non-hydrogen) atoms. The summed E-state index contributed by atoms with van der Waals surface area (Å²) in [5.74, 6) is 0. The number of hydrogen-bond donors (Lipinski definition) is 1. The number of likely N-dealkylation sites (tertiary alicyclic amines) is 1. The van der Waals surface area contributed by atoms with Gasteiger partial charge in [0.1, 0.15) is 0 Å². The monoisotopic (exact) mass is 263 g/mol. The average molecular weight is 263 g/mol. The van der Waals surface area contributed by atoms with Crippen molar-refractivity contribution in [3.8, 4) is 0 Å². The van der Waals surface area contributed by atoms with Crippen LogP contribution in [0.4, 0.5) is 11.4 Å². The fourth-order valence-electron chi connectivity index (χ4n) is 2.45. The number of hydrogen-bond acceptors (Lipinski definition) is 4. The van der Waals surface area contributed by atoms with Crippen molar-refractivity contribution in [3.63, 3.8) is 0 Å². The molecule has 1 fully saturated rings. The first-order valence-electron chi connectivity index (χ1n) is 6.88. The van der Waals surface area contributed by atoms with Crippen LogP contribution in [0.1, 0.15) is 24.8 Å². The molecular formula is C14H21N3O2. The van der Waals surface area contributed by atoms with Gasteiger partial charge in [-0.15, -0.1) is 0 Å². The molecule has 0 aromatic heterocycles. The molecule has 1 aliphatic rings. The van der Waals surface area contributed by atoms with Crippen molar-refractivity contribution in [1.82, 2.24) is 4.90 Å². The van der Waals surface area contributed by atoms with E-state index in [9.17, 15) is 10.1 Å². The van der Waals surface area contributed by atoms with E-state index in [2.05, 4.69) is 10.2 Å². The number of nitro benzene ring substituents is 1. The Morgan fingerprint density at radius 3 is 2.74 bits per heavy atom. The Morgan fingerprint density at radius 1 is 1.32 bits per heavy atom. The summed E-state index contributed by atoms with van der Waals surface area (Å²) < 4.78 is 0. The number of nitro groups is 1. The van der Waals surface area contributed by atoms with Gasteiger partial charge in [-0.25, -0.2) is 0 Å². The van der Waals surface area contributed by atoms with E-state index in [4.69, 9.17) is 0 Å². The molecule has 1 N–H and O–H groups in total. The smallest absolute Gasteiger partial charge is 0.271 e. The highest BCUT2D eigenvalue weighted by atomic mass is 16.6. The van der Waals surface area contributed by atoms with Crippen LogP contribution in [0.3, 0.4) is 0 Å². The number of nitrogens with one attached hydrogen (secondary N) is 1. The van der Waals surface area contributed by atoms with E-state index < -0.39 is 0 Å². The van der Waals surface area contributed by atoms with Gasteiger partial charge in [0.05, 0.1) is 4.92 Å². The van der Waals surface area contributed by atoms with Crippen molar-refractivity contribution in [3.05, 3.63) is 33.9 Å². The van der Waals surface area contributed by atoms with Crippen molar-refractivity contribution in [2.45, 2.75) is 26.2 Å². The summed E-state index contributed by atoms with van der Waals surface area (Å²) in [6, 6.07) is 4.96. The molecule has 1 aliphatic heterocycles. The summed E-state index contributed by atoms with van der Waals surface area (Å²) in [6.07, 6.45) is 3.92. The SMILES string of the molecule is Cc1ccc([N+](=O)[O-])cc1NCCN1CCCCC1. The average Bonchev–Trinajstić information content (AvgIpc) is 2.42. The topological polar surface area (TPSA) is 58.4 Å². The van der Waals surface area contributed by atoms with E-state index in [1.807, 2.05) is 6.92 Å². The second-order valence-electron chi connectivity index (χ2n) is 5.09. The predicted molar refractivity (Wildman–Crippen MR) is 76.6 cm³/mol. The number of anilines is 1. The Bertz CT molecular complexity index is 442. The number of nitrogens with zero attached hydrogens (tertiary/aromatic N) is 2. The normalized spacial score (nSPS) is 16.3. The highest BCUT2D eigenvalue weighted by Crippen LogP contribution is 2.21. The van der Waals surface area contributed by atoms with Crippen molar-refractivity contribution in [1.29, 1.82) is 0 Å². The maximum Gasteiger partial charge on any atom is 0.271 e. The van der Waals surface area contributed by atoms with Crippen LogP contribution in [0.5, 0.6) is 0 Å². The lowest BCUT2D eigenvalue weighted by molar-refractivity contribution is -0.384. The van der Waals surface area contributed by atoms with Crippen molar-refractivity contribution < 1.29 is 4.92 Å². The van der Waals surface area contributed by atoms with Crippen LogP contribution in [0.25, 0.3) is 0 Å². The fraction of sp³-hybridized carbons (Fsp3) is 0.571. The molecule has 0 saturated carbocycles. The number of aryl methyl sites for hydroxylation is 1. The summed E-state index contributed by atoms with van der Waals surface area (Å²) in [5, 5.41) is 14.1. The number of non-ortho nitro benzene ring substituents is 1. The molecule has 5 nitrogen and oxygen atoms in total. The summed E-state index contributed by atoms with van der Waals surface area (Å²) >= 11 is 0. The maximum atomic E-state index is 10.8. The van der Waals surface area contributed by atoms with Crippen LogP contribution in [0.2, 0.25) is 0 Å². The molecule has 0 unspecified atom stereocenters. The molecule has 0 spiro atoms. The predicted octanol–water partition coefficient (Wildman–Crippen LogP) is 2.80. The Labute approximate surface area is 113 Å². The minimum Gasteiger partial charge on any atom is -0.383 e. The van der Waals surface area contributed by atoms with E-state index in [1.54, 1.807) is 18.2 Å². The van der Waals surface area contributed by atoms with Gasteiger partial charge in [0.25, 0.3) is 5.69 Å². The first-order chi connectivity index (χ1) is 9.16. The molecule has 0 bridgehead atoms. The third kappa shape index (κ3) is 3.92. The molecule has 1 heterocycles. The van der Waals surface area contributed by atoms with E-state index in [-0.39, 0.29) is 10.6 Å². The van der Waals surface area contributed by atoms with Crippen LogP contribution < -0.4 is 5.32 Å². The third-order valence-corrected chi connectivity index (χ3v) is 3.62. The second-order valence-corrected chi connectivity index (χ2v) is 5.09. The van der Waals surface area contributed by atoms with Crippen LogP contribution in [-0.4, -0.2) is 36.0 Å². The van der Waals surface area contributed by atoms with Crippen LogP contribution >= 0.6 is 0 Å². The summed E-state index contributed by atoms with van der Waals surface area (Å²) in [5.41, 5.74) is 2.06. The van der Waals surface area contributed by atoms with Gasteiger partial charge in [-0.3, -0.25) is 10.1 Å². The number of benzene rings is 1. The zero-order chi connectivity index (χ0) is 13.7. The van der Waals surface area contributed by atoms with Crippen molar-refractivity contribution >= 4 is 11.4 Å². The molecular weight excluding hydrogens is 242 g/mol. The Morgan fingerprint density at radius 2 is 2.05 bits per heavy atom. The molecule has 0 aliphatic carbocycles. The van der Waals surface area contributed by atoms with Gasteiger partial charge in [0.15, 0.2) is 0 Å². The molecule has 5 heteroatoms. The number of rotatable bonds is 5. The highest BCUT2D eigenvalue weighted by molar-refractivity contribution is 5.56. The number of piperidine rings is 1. The molecule has 0 amide bonds. The van der Waals surface area contributed by atoms with E-state index in [0.717, 1.165) is 24.3 Å². The van der Waals surface area contributed by atoms with Gasteiger partial charge in [-0.05, 0) is 38.4 Å². The van der Waals surface area contributed by atoms with E-state index >= 15 is 0 Å². The van der Waals surface area contributed by atoms with Crippen molar-refractivity contribution in [2.24, 2.45) is 0 Å². The molecule has 1 aromatic rings. The first kappa shape index (κ1) is 13.8. The lowest BCUT2D eigenvalue weighted by Gasteiger charge is -2.26. The van der Waals surface area contributed by atoms with Gasteiger partial charge in [0, 0.05) is 30.9 Å². The third-order valence-electron chi connectivity index (χ3n) is 3.62. The molecule has 1 aromatic carbocycles. The fourth-order valence-corrected chi connectivity index (χ4v) is 2.45. The van der Waals surface area contributed by atoms with Gasteiger partial charge in [0.2, 0.25) is 0 Å². The van der Waals surface area contributed by atoms with E-state index in [0.29, 0.717) is 0 Å². The minimum atomic E-state index is -0.352. The summed E-state index contributed by atoms with van der Waals surface area (Å²) in [4.78, 5) is 12.9. The molecule has 104 valence electrons. The lowest BCUT2D eigenvalue weighted by atomic mass is 10.1. The second kappa shape index (κ2) is 6.52. The lowest BCUT2D eigenvalue weighted by Crippen LogP contribution is -2.33.